The molecule has 0 aliphatic heterocycles. The van der Waals surface area contributed by atoms with Crippen LogP contribution < -0.4 is 11.1 Å². The van der Waals surface area contributed by atoms with E-state index >= 15 is 0 Å². The van der Waals surface area contributed by atoms with Crippen LogP contribution in [-0.2, 0) is 4.79 Å². The fourth-order valence-corrected chi connectivity index (χ4v) is 1.30. The molecule has 0 radical (unpaired) electrons. The van der Waals surface area contributed by atoms with Gasteiger partial charge in [0.05, 0.1) is 6.10 Å². The highest BCUT2D eigenvalue weighted by Crippen LogP contribution is 2.02. The number of aliphatic carboxylic acids is 1. The van der Waals surface area contributed by atoms with Gasteiger partial charge in [0.1, 0.15) is 6.04 Å². The molecule has 0 aromatic carbocycles. The molecule has 0 saturated carbocycles. The summed E-state index contributed by atoms with van der Waals surface area (Å²) in [5.41, 5.74) is 5.23. The first-order chi connectivity index (χ1) is 7.61. The van der Waals surface area contributed by atoms with Gasteiger partial charge in [-0.2, -0.15) is 0 Å². The lowest BCUT2D eigenvalue weighted by Crippen LogP contribution is -2.38. The molecule has 0 aliphatic carbocycles. The van der Waals surface area contributed by atoms with E-state index in [0.29, 0.717) is 25.8 Å². The van der Waals surface area contributed by atoms with E-state index in [2.05, 4.69) is 5.32 Å². The van der Waals surface area contributed by atoms with Crippen LogP contribution in [0.3, 0.4) is 0 Å². The molecule has 6 heteroatoms. The third-order valence-electron chi connectivity index (χ3n) is 2.33. The monoisotopic (exact) mass is 234 g/mol. The van der Waals surface area contributed by atoms with Gasteiger partial charge in [-0.3, -0.25) is 4.79 Å². The molecule has 0 saturated heterocycles. The molecule has 2 atom stereocenters. The first-order valence-electron chi connectivity index (χ1n) is 5.57. The van der Waals surface area contributed by atoms with E-state index in [1.807, 2.05) is 0 Å². The molecule has 0 fully saturated rings. The van der Waals surface area contributed by atoms with Crippen molar-refractivity contribution in [2.45, 2.75) is 37.8 Å². The predicted molar refractivity (Wildman–Crippen MR) is 60.0 cm³/mol. The van der Waals surface area contributed by atoms with Gasteiger partial charge in [0, 0.05) is 13.2 Å². The van der Waals surface area contributed by atoms with Crippen molar-refractivity contribution in [3.8, 4) is 0 Å². The molecule has 0 bridgehead atoms. The molecule has 0 aromatic rings. The van der Waals surface area contributed by atoms with Crippen molar-refractivity contribution >= 4 is 5.97 Å². The van der Waals surface area contributed by atoms with Gasteiger partial charge in [-0.25, -0.2) is 0 Å². The molecule has 0 aromatic heterocycles. The normalized spacial score (nSPS) is 14.7. The van der Waals surface area contributed by atoms with Crippen LogP contribution in [0, 0.1) is 0 Å². The van der Waals surface area contributed by atoms with Crippen molar-refractivity contribution < 1.29 is 20.1 Å². The Balaban J connectivity index is 3.75. The Morgan fingerprint density at radius 1 is 1.31 bits per heavy atom. The lowest BCUT2D eigenvalue weighted by molar-refractivity contribution is -0.139. The zero-order valence-corrected chi connectivity index (χ0v) is 9.43. The molecule has 0 heterocycles. The highest BCUT2D eigenvalue weighted by atomic mass is 16.4. The molecule has 6 nitrogen and oxygen atoms in total. The Labute approximate surface area is 95.5 Å². The molecule has 96 valence electrons. The standard InChI is InChI=1S/C10H22N2O4/c11-7-8(14)3-4-9(10(15)16)12-5-1-2-6-13/h8-9,12-14H,1-7,11H2,(H,15,16)/t8-,9+/m1/s1. The minimum absolute atomic E-state index is 0.116. The van der Waals surface area contributed by atoms with Crippen molar-refractivity contribution in [3.05, 3.63) is 0 Å². The van der Waals surface area contributed by atoms with Gasteiger partial charge in [0.15, 0.2) is 0 Å². The Kier molecular flexibility index (Phi) is 9.12. The van der Waals surface area contributed by atoms with Crippen LogP contribution in [0.25, 0.3) is 0 Å². The quantitative estimate of drug-likeness (QED) is 0.306. The van der Waals surface area contributed by atoms with E-state index in [0.717, 1.165) is 6.42 Å². The number of carboxylic acids is 1. The summed E-state index contributed by atoms with van der Waals surface area (Å²) in [6, 6.07) is -0.653. The Bertz CT molecular complexity index is 190. The molecular formula is C10H22N2O4. The Morgan fingerprint density at radius 3 is 2.50 bits per heavy atom. The summed E-state index contributed by atoms with van der Waals surface area (Å²) in [4.78, 5) is 10.8. The number of aliphatic hydroxyl groups is 2. The number of hydrogen-bond acceptors (Lipinski definition) is 5. The summed E-state index contributed by atoms with van der Waals surface area (Å²) >= 11 is 0. The second-order valence-electron chi connectivity index (χ2n) is 3.74. The van der Waals surface area contributed by atoms with Gasteiger partial charge in [0.25, 0.3) is 0 Å². The van der Waals surface area contributed by atoms with Crippen molar-refractivity contribution in [1.29, 1.82) is 0 Å². The number of carbonyl (C=O) groups is 1. The number of aliphatic hydroxyl groups excluding tert-OH is 2. The number of hydrogen-bond donors (Lipinski definition) is 5. The maximum Gasteiger partial charge on any atom is 0.320 e. The smallest absolute Gasteiger partial charge is 0.320 e. The minimum Gasteiger partial charge on any atom is -0.480 e. The van der Waals surface area contributed by atoms with E-state index < -0.39 is 18.1 Å². The van der Waals surface area contributed by atoms with Crippen LogP contribution in [0.1, 0.15) is 25.7 Å². The second-order valence-corrected chi connectivity index (χ2v) is 3.74. The van der Waals surface area contributed by atoms with Crippen molar-refractivity contribution in [1.82, 2.24) is 5.32 Å². The molecule has 0 rings (SSSR count). The summed E-state index contributed by atoms with van der Waals surface area (Å²) in [6.45, 7) is 0.818. The third-order valence-corrected chi connectivity index (χ3v) is 2.33. The lowest BCUT2D eigenvalue weighted by Gasteiger charge is -2.15. The first kappa shape index (κ1) is 15.3. The summed E-state index contributed by atoms with van der Waals surface area (Å²) in [6.07, 6.45) is 1.48. The van der Waals surface area contributed by atoms with Gasteiger partial charge in [-0.1, -0.05) is 0 Å². The minimum atomic E-state index is -0.923. The Morgan fingerprint density at radius 2 is 2.00 bits per heavy atom. The van der Waals surface area contributed by atoms with E-state index in [9.17, 15) is 9.90 Å². The highest BCUT2D eigenvalue weighted by molar-refractivity contribution is 5.73. The van der Waals surface area contributed by atoms with Crippen LogP contribution in [0.2, 0.25) is 0 Å². The van der Waals surface area contributed by atoms with Gasteiger partial charge in [-0.05, 0) is 32.2 Å². The van der Waals surface area contributed by atoms with E-state index in [4.69, 9.17) is 15.9 Å². The van der Waals surface area contributed by atoms with Gasteiger partial charge in [0.2, 0.25) is 0 Å². The van der Waals surface area contributed by atoms with Crippen LogP contribution in [0.5, 0.6) is 0 Å². The Hall–Kier alpha value is -0.690. The SMILES string of the molecule is NC[C@H](O)CC[C@H](NCCCCO)C(=O)O. The average molecular weight is 234 g/mol. The lowest BCUT2D eigenvalue weighted by atomic mass is 10.1. The fourth-order valence-electron chi connectivity index (χ4n) is 1.30. The molecule has 0 amide bonds. The zero-order chi connectivity index (χ0) is 12.4. The van der Waals surface area contributed by atoms with Crippen LogP contribution in [-0.4, -0.2) is 53.1 Å². The second kappa shape index (κ2) is 9.53. The molecule has 16 heavy (non-hydrogen) atoms. The topological polar surface area (TPSA) is 116 Å². The molecule has 0 unspecified atom stereocenters. The summed E-state index contributed by atoms with van der Waals surface area (Å²) in [5.74, 6) is -0.923. The summed E-state index contributed by atoms with van der Waals surface area (Å²) < 4.78 is 0. The third kappa shape index (κ3) is 7.58. The fraction of sp³-hybridized carbons (Fsp3) is 0.900. The van der Waals surface area contributed by atoms with Crippen molar-refractivity contribution in [2.75, 3.05) is 19.7 Å². The largest absolute Gasteiger partial charge is 0.480 e. The van der Waals surface area contributed by atoms with E-state index in [1.165, 1.54) is 0 Å². The van der Waals surface area contributed by atoms with Crippen molar-refractivity contribution in [2.24, 2.45) is 5.73 Å². The number of carboxylic acid groups (broad SMARTS) is 1. The van der Waals surface area contributed by atoms with E-state index in [-0.39, 0.29) is 13.2 Å². The van der Waals surface area contributed by atoms with Crippen LogP contribution in [0.15, 0.2) is 0 Å². The molecule has 6 N–H and O–H groups in total. The van der Waals surface area contributed by atoms with E-state index in [1.54, 1.807) is 0 Å². The van der Waals surface area contributed by atoms with Gasteiger partial charge in [-0.15, -0.1) is 0 Å². The highest BCUT2D eigenvalue weighted by Gasteiger charge is 2.17. The summed E-state index contributed by atoms with van der Waals surface area (Å²) in [5, 5.41) is 29.5. The number of unbranched alkanes of at least 4 members (excludes halogenated alkanes) is 1. The zero-order valence-electron chi connectivity index (χ0n) is 9.43. The maximum absolute atomic E-state index is 10.8. The van der Waals surface area contributed by atoms with Gasteiger partial charge >= 0.3 is 5.97 Å². The number of nitrogens with one attached hydrogen (secondary N) is 1. The van der Waals surface area contributed by atoms with Gasteiger partial charge < -0.3 is 26.4 Å². The number of nitrogens with two attached hydrogens (primary N) is 1. The average Bonchev–Trinajstić information content (AvgIpc) is 2.27. The van der Waals surface area contributed by atoms with Crippen LogP contribution in [0.4, 0.5) is 0 Å². The maximum atomic E-state index is 10.8. The predicted octanol–water partition coefficient (Wildman–Crippen LogP) is -1.10. The number of rotatable bonds is 10. The summed E-state index contributed by atoms with van der Waals surface area (Å²) in [7, 11) is 0. The van der Waals surface area contributed by atoms with Crippen molar-refractivity contribution in [3.63, 3.8) is 0 Å². The first-order valence-corrected chi connectivity index (χ1v) is 5.57. The molecule has 0 spiro atoms. The molecular weight excluding hydrogens is 212 g/mol. The van der Waals surface area contributed by atoms with Crippen LogP contribution >= 0.6 is 0 Å². The molecule has 0 aliphatic rings.